The Morgan fingerprint density at radius 3 is 2.63 bits per heavy atom. The van der Waals surface area contributed by atoms with Gasteiger partial charge in [-0.2, -0.15) is 0 Å². The highest BCUT2D eigenvalue weighted by atomic mass is 15.2. The molecule has 3 heterocycles. The van der Waals surface area contributed by atoms with Gasteiger partial charge in [-0.3, -0.25) is 0 Å². The Morgan fingerprint density at radius 2 is 1.84 bits per heavy atom. The number of rotatable bonds is 2. The van der Waals surface area contributed by atoms with Crippen LogP contribution >= 0.6 is 0 Å². The number of anilines is 1. The first-order valence-corrected chi connectivity index (χ1v) is 6.72. The summed E-state index contributed by atoms with van der Waals surface area (Å²) >= 11 is 0. The van der Waals surface area contributed by atoms with E-state index in [0.29, 0.717) is 0 Å². The van der Waals surface area contributed by atoms with Crippen LogP contribution in [-0.4, -0.2) is 33.0 Å². The monoisotopic (exact) mass is 255 g/mol. The summed E-state index contributed by atoms with van der Waals surface area (Å²) in [5.74, 6) is 0.807. The Bertz CT molecular complexity index is 555. The highest BCUT2D eigenvalue weighted by Gasteiger charge is 2.18. The number of fused-ring (bicyclic) bond motifs is 1. The fourth-order valence-electron chi connectivity index (χ4n) is 2.55. The summed E-state index contributed by atoms with van der Waals surface area (Å²) in [6.45, 7) is 3.99. The third-order valence-electron chi connectivity index (χ3n) is 3.54. The molecule has 0 saturated carbocycles. The van der Waals surface area contributed by atoms with Crippen molar-refractivity contribution in [2.75, 3.05) is 18.0 Å². The average Bonchev–Trinajstić information content (AvgIpc) is 2.70. The van der Waals surface area contributed by atoms with Crippen LogP contribution in [0.25, 0.3) is 0 Å². The van der Waals surface area contributed by atoms with E-state index in [0.717, 1.165) is 38.3 Å². The van der Waals surface area contributed by atoms with Crippen LogP contribution in [0.4, 0.5) is 5.95 Å². The Kier molecular flexibility index (Phi) is 3.35. The maximum absolute atomic E-state index is 4.44. The van der Waals surface area contributed by atoms with Crippen molar-refractivity contribution in [2.45, 2.75) is 26.2 Å². The standard InChI is InChI=1S/C14H17N5/c1-2-12-11-4-8-19(14-15-6-3-7-16-14)9-5-13(11)18-10-17-12/h3,6-7,10H,2,4-5,8-9H2,1H3. The van der Waals surface area contributed by atoms with Gasteiger partial charge < -0.3 is 4.90 Å². The van der Waals surface area contributed by atoms with Gasteiger partial charge in [0.1, 0.15) is 6.33 Å². The fraction of sp³-hybridized carbons (Fsp3) is 0.429. The lowest BCUT2D eigenvalue weighted by Gasteiger charge is -2.19. The first-order valence-electron chi connectivity index (χ1n) is 6.72. The summed E-state index contributed by atoms with van der Waals surface area (Å²) in [5, 5.41) is 0. The van der Waals surface area contributed by atoms with E-state index in [-0.39, 0.29) is 0 Å². The van der Waals surface area contributed by atoms with Gasteiger partial charge in [-0.1, -0.05) is 6.92 Å². The van der Waals surface area contributed by atoms with E-state index in [1.807, 2.05) is 6.07 Å². The van der Waals surface area contributed by atoms with E-state index in [1.165, 1.54) is 17.0 Å². The molecule has 1 aliphatic rings. The van der Waals surface area contributed by atoms with Gasteiger partial charge in [-0.25, -0.2) is 19.9 Å². The summed E-state index contributed by atoms with van der Waals surface area (Å²) in [6, 6.07) is 1.84. The molecule has 0 N–H and O–H groups in total. The second kappa shape index (κ2) is 5.30. The minimum atomic E-state index is 0.807. The first-order chi connectivity index (χ1) is 9.38. The molecule has 0 saturated heterocycles. The molecule has 0 aliphatic carbocycles. The highest BCUT2D eigenvalue weighted by molar-refractivity contribution is 5.34. The van der Waals surface area contributed by atoms with Crippen LogP contribution in [0.5, 0.6) is 0 Å². The van der Waals surface area contributed by atoms with Gasteiger partial charge in [0.05, 0.1) is 0 Å². The molecule has 0 bridgehead atoms. The highest BCUT2D eigenvalue weighted by Crippen LogP contribution is 2.19. The topological polar surface area (TPSA) is 54.8 Å². The minimum absolute atomic E-state index is 0.807. The zero-order chi connectivity index (χ0) is 13.1. The average molecular weight is 255 g/mol. The number of hydrogen-bond acceptors (Lipinski definition) is 5. The summed E-state index contributed by atoms with van der Waals surface area (Å²) in [7, 11) is 0. The van der Waals surface area contributed by atoms with E-state index in [2.05, 4.69) is 31.8 Å². The molecule has 0 fully saturated rings. The van der Waals surface area contributed by atoms with Crippen molar-refractivity contribution in [3.63, 3.8) is 0 Å². The number of nitrogens with zero attached hydrogens (tertiary/aromatic N) is 5. The molecule has 0 aromatic carbocycles. The van der Waals surface area contributed by atoms with Gasteiger partial charge in [-0.15, -0.1) is 0 Å². The van der Waals surface area contributed by atoms with Gasteiger partial charge in [0.15, 0.2) is 0 Å². The van der Waals surface area contributed by atoms with E-state index < -0.39 is 0 Å². The van der Waals surface area contributed by atoms with Crippen molar-refractivity contribution in [3.8, 4) is 0 Å². The van der Waals surface area contributed by atoms with Crippen LogP contribution < -0.4 is 4.90 Å². The lowest BCUT2D eigenvalue weighted by Crippen LogP contribution is -2.27. The van der Waals surface area contributed by atoms with Crippen LogP contribution in [0, 0.1) is 0 Å². The molecule has 2 aromatic rings. The summed E-state index contributed by atoms with van der Waals surface area (Å²) in [4.78, 5) is 19.7. The molecule has 5 nitrogen and oxygen atoms in total. The van der Waals surface area contributed by atoms with Gasteiger partial charge in [0.2, 0.25) is 5.95 Å². The van der Waals surface area contributed by atoms with E-state index >= 15 is 0 Å². The Labute approximate surface area is 112 Å². The van der Waals surface area contributed by atoms with Crippen LogP contribution in [0.15, 0.2) is 24.8 Å². The smallest absolute Gasteiger partial charge is 0.225 e. The Hall–Kier alpha value is -2.04. The zero-order valence-electron chi connectivity index (χ0n) is 11.1. The lowest BCUT2D eigenvalue weighted by atomic mass is 10.1. The summed E-state index contributed by atoms with van der Waals surface area (Å²) in [6.07, 6.45) is 8.13. The second-order valence-electron chi connectivity index (χ2n) is 4.64. The maximum Gasteiger partial charge on any atom is 0.225 e. The van der Waals surface area contributed by atoms with Gasteiger partial charge in [0.25, 0.3) is 0 Å². The molecular weight excluding hydrogens is 238 g/mol. The number of aromatic nitrogens is 4. The molecule has 5 heteroatoms. The first kappa shape index (κ1) is 12.0. The predicted molar refractivity (Wildman–Crippen MR) is 73.1 cm³/mol. The molecule has 3 rings (SSSR count). The Morgan fingerprint density at radius 1 is 1.05 bits per heavy atom. The van der Waals surface area contributed by atoms with Crippen LogP contribution in [0.1, 0.15) is 23.9 Å². The van der Waals surface area contributed by atoms with Crippen molar-refractivity contribution in [3.05, 3.63) is 41.7 Å². The van der Waals surface area contributed by atoms with E-state index in [9.17, 15) is 0 Å². The van der Waals surface area contributed by atoms with E-state index in [1.54, 1.807) is 18.7 Å². The normalized spacial score (nSPS) is 14.9. The van der Waals surface area contributed by atoms with Crippen molar-refractivity contribution < 1.29 is 0 Å². The quantitative estimate of drug-likeness (QED) is 0.812. The van der Waals surface area contributed by atoms with Crippen LogP contribution in [0.3, 0.4) is 0 Å². The van der Waals surface area contributed by atoms with Crippen molar-refractivity contribution in [1.82, 2.24) is 19.9 Å². The molecule has 98 valence electrons. The SMILES string of the molecule is CCc1ncnc2c1CCN(c1ncccn1)CC2. The molecule has 0 atom stereocenters. The van der Waals surface area contributed by atoms with Crippen LogP contribution in [-0.2, 0) is 19.3 Å². The van der Waals surface area contributed by atoms with Crippen molar-refractivity contribution in [1.29, 1.82) is 0 Å². The van der Waals surface area contributed by atoms with Gasteiger partial charge in [0, 0.05) is 43.3 Å². The van der Waals surface area contributed by atoms with Gasteiger partial charge >= 0.3 is 0 Å². The molecule has 0 unspecified atom stereocenters. The third-order valence-corrected chi connectivity index (χ3v) is 3.54. The predicted octanol–water partition coefficient (Wildman–Crippen LogP) is 1.43. The summed E-state index contributed by atoms with van der Waals surface area (Å²) < 4.78 is 0. The van der Waals surface area contributed by atoms with Gasteiger partial charge in [-0.05, 0) is 24.5 Å². The van der Waals surface area contributed by atoms with Crippen molar-refractivity contribution in [2.24, 2.45) is 0 Å². The molecular formula is C14H17N5. The largest absolute Gasteiger partial charge is 0.340 e. The van der Waals surface area contributed by atoms with Crippen LogP contribution in [0.2, 0.25) is 0 Å². The summed E-state index contributed by atoms with van der Waals surface area (Å²) in [5.41, 5.74) is 3.69. The Balaban J connectivity index is 1.85. The molecule has 1 aliphatic heterocycles. The zero-order valence-corrected chi connectivity index (χ0v) is 11.1. The minimum Gasteiger partial charge on any atom is -0.340 e. The molecule has 0 amide bonds. The molecule has 0 spiro atoms. The third kappa shape index (κ3) is 2.41. The maximum atomic E-state index is 4.44. The second-order valence-corrected chi connectivity index (χ2v) is 4.64. The van der Waals surface area contributed by atoms with Crippen molar-refractivity contribution >= 4 is 5.95 Å². The number of hydrogen-bond donors (Lipinski definition) is 0. The molecule has 19 heavy (non-hydrogen) atoms. The number of aryl methyl sites for hydroxylation is 1. The lowest BCUT2D eigenvalue weighted by molar-refractivity contribution is 0.768. The molecule has 2 aromatic heterocycles. The fourth-order valence-corrected chi connectivity index (χ4v) is 2.55. The van der Waals surface area contributed by atoms with E-state index in [4.69, 9.17) is 0 Å². The molecule has 0 radical (unpaired) electrons.